The van der Waals surface area contributed by atoms with E-state index in [2.05, 4.69) is 42.4 Å². The molecule has 0 bridgehead atoms. The molecule has 3 aromatic rings. The average Bonchev–Trinajstić information content (AvgIpc) is 2.78. The summed E-state index contributed by atoms with van der Waals surface area (Å²) in [6.07, 6.45) is 2.49. The number of carbonyl (C=O) groups is 1. The van der Waals surface area contributed by atoms with Gasteiger partial charge in [0.15, 0.2) is 0 Å². The standard InChI is InChI=1S/C25H24Br2N2O3/c1-18-9-11-24(22(27)14-18)31-13-5-8-25(30)29-28-16-20-15-21(26)10-12-23(20)32-17-19-6-3-2-4-7-19/h2-4,6-7,9-12,14-16H,5,8,13,17H2,1H3,(H,29,30)/b28-16+. The van der Waals surface area contributed by atoms with Crippen molar-refractivity contribution in [2.24, 2.45) is 5.10 Å². The van der Waals surface area contributed by atoms with Gasteiger partial charge in [-0.15, -0.1) is 0 Å². The molecule has 0 aliphatic rings. The maximum absolute atomic E-state index is 12.1. The minimum Gasteiger partial charge on any atom is -0.492 e. The number of nitrogens with zero attached hydrogens (tertiary/aromatic N) is 1. The lowest BCUT2D eigenvalue weighted by atomic mass is 10.2. The van der Waals surface area contributed by atoms with Crippen LogP contribution in [-0.2, 0) is 11.4 Å². The highest BCUT2D eigenvalue weighted by atomic mass is 79.9. The lowest BCUT2D eigenvalue weighted by molar-refractivity contribution is -0.121. The molecule has 0 aliphatic heterocycles. The first-order valence-electron chi connectivity index (χ1n) is 10.2. The van der Waals surface area contributed by atoms with Crippen molar-refractivity contribution in [2.45, 2.75) is 26.4 Å². The molecule has 0 saturated carbocycles. The summed E-state index contributed by atoms with van der Waals surface area (Å²) in [5.41, 5.74) is 5.56. The molecule has 0 radical (unpaired) electrons. The van der Waals surface area contributed by atoms with Crippen LogP contribution in [0.1, 0.15) is 29.5 Å². The van der Waals surface area contributed by atoms with Crippen LogP contribution in [0.2, 0.25) is 0 Å². The number of benzene rings is 3. The molecule has 1 N–H and O–H groups in total. The number of hydrogen-bond donors (Lipinski definition) is 1. The summed E-state index contributed by atoms with van der Waals surface area (Å²) >= 11 is 6.94. The number of carbonyl (C=O) groups excluding carboxylic acids is 1. The first kappa shape index (κ1) is 24.0. The molecule has 7 heteroatoms. The SMILES string of the molecule is Cc1ccc(OCCCC(=O)N/N=C/c2cc(Br)ccc2OCc2ccccc2)c(Br)c1. The molecule has 166 valence electrons. The lowest BCUT2D eigenvalue weighted by Crippen LogP contribution is -2.18. The molecule has 3 aromatic carbocycles. The van der Waals surface area contributed by atoms with Crippen LogP contribution in [0.25, 0.3) is 0 Å². The number of amides is 1. The molecule has 0 aromatic heterocycles. The summed E-state index contributed by atoms with van der Waals surface area (Å²) in [7, 11) is 0. The van der Waals surface area contributed by atoms with Crippen LogP contribution >= 0.6 is 31.9 Å². The average molecular weight is 560 g/mol. The van der Waals surface area contributed by atoms with E-state index in [0.717, 1.165) is 31.4 Å². The van der Waals surface area contributed by atoms with Gasteiger partial charge in [-0.3, -0.25) is 4.79 Å². The second-order valence-electron chi connectivity index (χ2n) is 7.14. The van der Waals surface area contributed by atoms with Gasteiger partial charge in [-0.2, -0.15) is 5.10 Å². The van der Waals surface area contributed by atoms with Crippen molar-refractivity contribution in [3.8, 4) is 11.5 Å². The van der Waals surface area contributed by atoms with Crippen LogP contribution in [0.5, 0.6) is 11.5 Å². The molecule has 0 heterocycles. The normalized spacial score (nSPS) is 10.8. The Hall–Kier alpha value is -2.64. The minimum atomic E-state index is -0.172. The number of halogens is 2. The van der Waals surface area contributed by atoms with Crippen molar-refractivity contribution in [2.75, 3.05) is 6.61 Å². The number of ether oxygens (including phenoxy) is 2. The van der Waals surface area contributed by atoms with Crippen molar-refractivity contribution in [3.63, 3.8) is 0 Å². The predicted molar refractivity (Wildman–Crippen MR) is 134 cm³/mol. The van der Waals surface area contributed by atoms with Crippen LogP contribution in [-0.4, -0.2) is 18.7 Å². The fourth-order valence-electron chi connectivity index (χ4n) is 2.85. The number of nitrogens with one attached hydrogen (secondary N) is 1. The third-order valence-electron chi connectivity index (χ3n) is 4.50. The summed E-state index contributed by atoms with van der Waals surface area (Å²) in [5.74, 6) is 1.29. The Morgan fingerprint density at radius 1 is 1.00 bits per heavy atom. The van der Waals surface area contributed by atoms with E-state index in [1.165, 1.54) is 0 Å². The summed E-state index contributed by atoms with van der Waals surface area (Å²) in [4.78, 5) is 12.1. The Morgan fingerprint density at radius 2 is 1.78 bits per heavy atom. The van der Waals surface area contributed by atoms with Crippen LogP contribution in [0, 0.1) is 6.92 Å². The molecule has 0 fully saturated rings. The molecule has 0 aliphatic carbocycles. The van der Waals surface area contributed by atoms with Crippen LogP contribution in [0.4, 0.5) is 0 Å². The van der Waals surface area contributed by atoms with Gasteiger partial charge in [0.25, 0.3) is 0 Å². The van der Waals surface area contributed by atoms with Gasteiger partial charge >= 0.3 is 0 Å². The van der Waals surface area contributed by atoms with Gasteiger partial charge in [0.1, 0.15) is 18.1 Å². The zero-order chi connectivity index (χ0) is 22.8. The zero-order valence-corrected chi connectivity index (χ0v) is 20.9. The third kappa shape index (κ3) is 7.80. The number of hydrazone groups is 1. The smallest absolute Gasteiger partial charge is 0.240 e. The van der Waals surface area contributed by atoms with Crippen molar-refractivity contribution in [1.29, 1.82) is 0 Å². The minimum absolute atomic E-state index is 0.172. The van der Waals surface area contributed by atoms with Gasteiger partial charge in [-0.25, -0.2) is 5.43 Å². The van der Waals surface area contributed by atoms with Gasteiger partial charge in [-0.05, 0) is 70.7 Å². The first-order chi connectivity index (χ1) is 15.5. The highest BCUT2D eigenvalue weighted by Crippen LogP contribution is 2.26. The van der Waals surface area contributed by atoms with Crippen LogP contribution in [0.15, 0.2) is 80.8 Å². The predicted octanol–water partition coefficient (Wildman–Crippen LogP) is 6.41. The third-order valence-corrected chi connectivity index (χ3v) is 5.61. The molecule has 0 spiro atoms. The molecule has 0 unspecified atom stereocenters. The van der Waals surface area contributed by atoms with Crippen molar-refractivity contribution >= 4 is 44.0 Å². The van der Waals surface area contributed by atoms with Crippen LogP contribution in [0.3, 0.4) is 0 Å². The van der Waals surface area contributed by atoms with E-state index in [0.29, 0.717) is 31.8 Å². The van der Waals surface area contributed by atoms with Gasteiger partial charge in [0.05, 0.1) is 17.3 Å². The molecular formula is C25H24Br2N2O3. The Kier molecular flexibility index (Phi) is 9.31. The quantitative estimate of drug-likeness (QED) is 0.177. The van der Waals surface area contributed by atoms with E-state index in [-0.39, 0.29) is 5.91 Å². The fourth-order valence-corrected chi connectivity index (χ4v) is 3.84. The van der Waals surface area contributed by atoms with E-state index in [1.807, 2.05) is 73.7 Å². The second kappa shape index (κ2) is 12.4. The summed E-state index contributed by atoms with van der Waals surface area (Å²) in [6.45, 7) is 2.92. The summed E-state index contributed by atoms with van der Waals surface area (Å²) in [6, 6.07) is 21.5. The second-order valence-corrected chi connectivity index (χ2v) is 8.91. The molecule has 5 nitrogen and oxygen atoms in total. The zero-order valence-electron chi connectivity index (χ0n) is 17.7. The van der Waals surface area contributed by atoms with E-state index in [4.69, 9.17) is 9.47 Å². The Bertz CT molecular complexity index is 1070. The monoisotopic (exact) mass is 558 g/mol. The van der Waals surface area contributed by atoms with Gasteiger partial charge < -0.3 is 9.47 Å². The van der Waals surface area contributed by atoms with Crippen molar-refractivity contribution in [1.82, 2.24) is 5.43 Å². The molecule has 3 rings (SSSR count). The summed E-state index contributed by atoms with van der Waals surface area (Å²) < 4.78 is 13.5. The fraction of sp³-hybridized carbons (Fsp3) is 0.200. The van der Waals surface area contributed by atoms with E-state index >= 15 is 0 Å². The Labute approximate surface area is 205 Å². The van der Waals surface area contributed by atoms with Gasteiger partial charge in [0, 0.05) is 16.5 Å². The van der Waals surface area contributed by atoms with Gasteiger partial charge in [0.2, 0.25) is 5.91 Å². The lowest BCUT2D eigenvalue weighted by Gasteiger charge is -2.10. The van der Waals surface area contributed by atoms with Crippen molar-refractivity contribution in [3.05, 3.63) is 92.4 Å². The Balaban J connectivity index is 1.46. The Morgan fingerprint density at radius 3 is 2.56 bits per heavy atom. The highest BCUT2D eigenvalue weighted by Gasteiger charge is 2.06. The molecular weight excluding hydrogens is 536 g/mol. The maximum atomic E-state index is 12.1. The number of hydrogen-bond acceptors (Lipinski definition) is 4. The number of aryl methyl sites for hydroxylation is 1. The van der Waals surface area contributed by atoms with Crippen molar-refractivity contribution < 1.29 is 14.3 Å². The largest absolute Gasteiger partial charge is 0.492 e. The molecule has 32 heavy (non-hydrogen) atoms. The highest BCUT2D eigenvalue weighted by molar-refractivity contribution is 9.10. The molecule has 1 amide bonds. The maximum Gasteiger partial charge on any atom is 0.240 e. The molecule has 0 atom stereocenters. The first-order valence-corrected chi connectivity index (χ1v) is 11.8. The van der Waals surface area contributed by atoms with E-state index in [1.54, 1.807) is 6.21 Å². The molecule has 0 saturated heterocycles. The topological polar surface area (TPSA) is 59.9 Å². The number of rotatable bonds is 10. The summed E-state index contributed by atoms with van der Waals surface area (Å²) in [5, 5.41) is 4.09. The van der Waals surface area contributed by atoms with E-state index < -0.39 is 0 Å². The van der Waals surface area contributed by atoms with E-state index in [9.17, 15) is 4.79 Å². The van der Waals surface area contributed by atoms with Crippen LogP contribution < -0.4 is 14.9 Å². The van der Waals surface area contributed by atoms with Gasteiger partial charge in [-0.1, -0.05) is 52.3 Å².